The Hall–Kier alpha value is -1.48. The molecule has 0 bridgehead atoms. The fourth-order valence-electron chi connectivity index (χ4n) is 3.17. The van der Waals surface area contributed by atoms with Gasteiger partial charge < -0.3 is 11.1 Å². The topological polar surface area (TPSA) is 103 Å². The van der Waals surface area contributed by atoms with E-state index in [9.17, 15) is 9.59 Å². The number of carbonyl (C=O) groups excluding carboxylic acids is 1. The minimum absolute atomic E-state index is 0. The highest BCUT2D eigenvalue weighted by molar-refractivity contribution is 7.17. The highest BCUT2D eigenvalue weighted by atomic mass is 35.5. The van der Waals surface area contributed by atoms with Gasteiger partial charge in [-0.3, -0.25) is 9.59 Å². The molecule has 10 heteroatoms. The number of aromatic nitrogens is 3. The number of hydrogen-bond acceptors (Lipinski definition) is 6. The third-order valence-electron chi connectivity index (χ3n) is 5.24. The fourth-order valence-corrected chi connectivity index (χ4v) is 4.23. The van der Waals surface area contributed by atoms with Crippen molar-refractivity contribution >= 4 is 42.1 Å². The minimum Gasteiger partial charge on any atom is -0.345 e. The van der Waals surface area contributed by atoms with Gasteiger partial charge in [0, 0.05) is 13.6 Å². The lowest BCUT2D eigenvalue weighted by molar-refractivity contribution is 0.0901. The van der Waals surface area contributed by atoms with E-state index in [0.717, 1.165) is 24.1 Å². The molecule has 2 heterocycles. The first-order valence-corrected chi connectivity index (χ1v) is 9.54. The summed E-state index contributed by atoms with van der Waals surface area (Å²) >= 11 is 1.24. The Labute approximate surface area is 180 Å². The molecule has 1 fully saturated rings. The molecule has 3 N–H and O–H groups in total. The van der Waals surface area contributed by atoms with E-state index in [2.05, 4.69) is 15.4 Å². The molecule has 1 aliphatic rings. The average molecular weight is 448 g/mol. The molecular formula is C18H27Cl2N5O2S. The average Bonchev–Trinajstić information content (AvgIpc) is 3.37. The number of nitrogens with one attached hydrogen (secondary N) is 1. The molecular weight excluding hydrogens is 421 g/mol. The van der Waals surface area contributed by atoms with Crippen LogP contribution in [0.1, 0.15) is 46.4 Å². The molecule has 0 spiro atoms. The Morgan fingerprint density at radius 2 is 1.89 bits per heavy atom. The number of hydrogen-bond donors (Lipinski definition) is 2. The molecule has 1 amide bonds. The second-order valence-corrected chi connectivity index (χ2v) is 8.30. The first-order valence-electron chi connectivity index (χ1n) is 8.73. The lowest BCUT2D eigenvalue weighted by Crippen LogP contribution is -2.53. The normalized spacial score (nSPS) is 15.2. The van der Waals surface area contributed by atoms with Crippen LogP contribution < -0.4 is 16.6 Å². The summed E-state index contributed by atoms with van der Waals surface area (Å²) in [6, 6.07) is 0. The molecule has 1 saturated carbocycles. The SMILES string of the molecule is Cc1nc(-c2c(C)c(C)nn(C)c2=O)sc1C(=O)NC(C)(CN)C1CC1.Cl.Cl. The predicted octanol–water partition coefficient (Wildman–Crippen LogP) is 2.53. The Bertz CT molecular complexity index is 939. The maximum absolute atomic E-state index is 12.8. The smallest absolute Gasteiger partial charge is 0.277 e. The maximum atomic E-state index is 12.8. The summed E-state index contributed by atoms with van der Waals surface area (Å²) < 4.78 is 1.31. The van der Waals surface area contributed by atoms with Gasteiger partial charge in [0.25, 0.3) is 11.5 Å². The predicted molar refractivity (Wildman–Crippen MR) is 117 cm³/mol. The largest absolute Gasteiger partial charge is 0.345 e. The number of rotatable bonds is 5. The zero-order valence-electron chi connectivity index (χ0n) is 16.7. The molecule has 2 aromatic rings. The van der Waals surface area contributed by atoms with Crippen LogP contribution in [0.5, 0.6) is 0 Å². The summed E-state index contributed by atoms with van der Waals surface area (Å²) in [5.74, 6) is 0.257. The van der Waals surface area contributed by atoms with Crippen molar-refractivity contribution in [3.8, 4) is 10.6 Å². The summed E-state index contributed by atoms with van der Waals surface area (Å²) in [6.45, 7) is 7.89. The quantitative estimate of drug-likeness (QED) is 0.732. The molecule has 0 aliphatic heterocycles. The van der Waals surface area contributed by atoms with E-state index in [4.69, 9.17) is 5.73 Å². The number of amides is 1. The van der Waals surface area contributed by atoms with E-state index >= 15 is 0 Å². The molecule has 0 aromatic carbocycles. The third kappa shape index (κ3) is 4.40. The molecule has 156 valence electrons. The molecule has 0 radical (unpaired) electrons. The van der Waals surface area contributed by atoms with Crippen LogP contribution in [0, 0.1) is 26.7 Å². The zero-order valence-corrected chi connectivity index (χ0v) is 19.1. The van der Waals surface area contributed by atoms with Crippen LogP contribution in [0.2, 0.25) is 0 Å². The van der Waals surface area contributed by atoms with Gasteiger partial charge in [-0.2, -0.15) is 5.10 Å². The van der Waals surface area contributed by atoms with Gasteiger partial charge in [0.2, 0.25) is 0 Å². The van der Waals surface area contributed by atoms with Crippen LogP contribution >= 0.6 is 36.2 Å². The first kappa shape index (κ1) is 24.6. The van der Waals surface area contributed by atoms with Gasteiger partial charge in [0.05, 0.1) is 22.5 Å². The van der Waals surface area contributed by atoms with Crippen molar-refractivity contribution in [2.75, 3.05) is 6.54 Å². The molecule has 28 heavy (non-hydrogen) atoms. The van der Waals surface area contributed by atoms with Crippen LogP contribution in [-0.2, 0) is 7.05 Å². The van der Waals surface area contributed by atoms with Gasteiger partial charge in [-0.05, 0) is 52.0 Å². The van der Waals surface area contributed by atoms with Crippen molar-refractivity contribution in [2.45, 2.75) is 46.1 Å². The third-order valence-corrected chi connectivity index (χ3v) is 6.42. The van der Waals surface area contributed by atoms with E-state index in [1.54, 1.807) is 14.0 Å². The van der Waals surface area contributed by atoms with E-state index in [-0.39, 0.29) is 36.3 Å². The first-order chi connectivity index (χ1) is 12.2. The monoisotopic (exact) mass is 447 g/mol. The highest BCUT2D eigenvalue weighted by Crippen LogP contribution is 2.39. The minimum atomic E-state index is -0.396. The Morgan fingerprint density at radius 3 is 2.43 bits per heavy atom. The summed E-state index contributed by atoms with van der Waals surface area (Å²) in [6.07, 6.45) is 2.18. The van der Waals surface area contributed by atoms with Crippen molar-refractivity contribution in [3.63, 3.8) is 0 Å². The number of nitrogens with two attached hydrogens (primary N) is 1. The number of thiazole rings is 1. The molecule has 1 aliphatic carbocycles. The summed E-state index contributed by atoms with van der Waals surface area (Å²) in [5, 5.41) is 7.84. The van der Waals surface area contributed by atoms with Gasteiger partial charge in [-0.1, -0.05) is 0 Å². The molecule has 7 nitrogen and oxygen atoms in total. The Morgan fingerprint density at radius 1 is 1.29 bits per heavy atom. The number of nitrogens with zero attached hydrogens (tertiary/aromatic N) is 3. The number of carbonyl (C=O) groups is 1. The number of aryl methyl sites for hydroxylation is 3. The van der Waals surface area contributed by atoms with Crippen molar-refractivity contribution in [1.82, 2.24) is 20.1 Å². The highest BCUT2D eigenvalue weighted by Gasteiger charge is 2.42. The second kappa shape index (κ2) is 8.90. The van der Waals surface area contributed by atoms with Crippen molar-refractivity contribution in [3.05, 3.63) is 32.2 Å². The van der Waals surface area contributed by atoms with Gasteiger partial charge in [-0.25, -0.2) is 9.67 Å². The maximum Gasteiger partial charge on any atom is 0.277 e. The van der Waals surface area contributed by atoms with Crippen LogP contribution in [0.25, 0.3) is 10.6 Å². The van der Waals surface area contributed by atoms with Crippen molar-refractivity contribution < 1.29 is 4.79 Å². The van der Waals surface area contributed by atoms with Crippen LogP contribution in [-0.4, -0.2) is 32.8 Å². The summed E-state index contributed by atoms with van der Waals surface area (Å²) in [5.41, 5.74) is 7.99. The fraction of sp³-hybridized carbons (Fsp3) is 0.556. The lowest BCUT2D eigenvalue weighted by atomic mass is 9.96. The van der Waals surface area contributed by atoms with Gasteiger partial charge in [0.1, 0.15) is 9.88 Å². The number of halogens is 2. The molecule has 1 atom stereocenters. The lowest BCUT2D eigenvalue weighted by Gasteiger charge is -2.29. The van der Waals surface area contributed by atoms with Crippen LogP contribution in [0.15, 0.2) is 4.79 Å². The van der Waals surface area contributed by atoms with Crippen LogP contribution in [0.4, 0.5) is 0 Å². The Kier molecular flexibility index (Phi) is 7.81. The van der Waals surface area contributed by atoms with Crippen molar-refractivity contribution in [1.29, 1.82) is 0 Å². The summed E-state index contributed by atoms with van der Waals surface area (Å²) in [7, 11) is 1.62. The van der Waals surface area contributed by atoms with E-state index in [0.29, 0.717) is 33.6 Å². The molecule has 3 rings (SSSR count). The van der Waals surface area contributed by atoms with Crippen LogP contribution in [0.3, 0.4) is 0 Å². The van der Waals surface area contributed by atoms with Gasteiger partial charge in [0.15, 0.2) is 0 Å². The molecule has 2 aromatic heterocycles. The molecule has 0 saturated heterocycles. The van der Waals surface area contributed by atoms with Gasteiger partial charge >= 0.3 is 0 Å². The molecule has 1 unspecified atom stereocenters. The van der Waals surface area contributed by atoms with E-state index in [1.807, 2.05) is 20.8 Å². The Balaban J connectivity index is 0.00000196. The summed E-state index contributed by atoms with van der Waals surface area (Å²) in [4.78, 5) is 30.4. The van der Waals surface area contributed by atoms with Crippen molar-refractivity contribution in [2.24, 2.45) is 18.7 Å². The zero-order chi connectivity index (χ0) is 19.2. The van der Waals surface area contributed by atoms with E-state index < -0.39 is 5.54 Å². The standard InChI is InChI=1S/C18H25N5O2S.2ClH/c1-9-10(2)22-23(5)17(25)13(9)16-20-11(3)14(26-16)15(24)21-18(4,8-19)12-6-7-12;;/h12H,6-8,19H2,1-5H3,(H,21,24);2*1H. The van der Waals surface area contributed by atoms with Gasteiger partial charge in [-0.15, -0.1) is 36.2 Å². The second-order valence-electron chi connectivity index (χ2n) is 7.30. The van der Waals surface area contributed by atoms with E-state index in [1.165, 1.54) is 16.0 Å².